The Morgan fingerprint density at radius 2 is 2.04 bits per heavy atom. The summed E-state index contributed by atoms with van der Waals surface area (Å²) in [6, 6.07) is 7.33. The molecule has 6 nitrogen and oxygen atoms in total. The van der Waals surface area contributed by atoms with E-state index in [9.17, 15) is 9.90 Å². The molecule has 2 N–H and O–H groups in total. The first-order valence-electron chi connectivity index (χ1n) is 9.15. The highest BCUT2D eigenvalue weighted by molar-refractivity contribution is 6.30. The summed E-state index contributed by atoms with van der Waals surface area (Å²) < 4.78 is 7.72. The van der Waals surface area contributed by atoms with Crippen LogP contribution >= 0.6 is 11.6 Å². The van der Waals surface area contributed by atoms with E-state index >= 15 is 0 Å². The molecule has 140 valence electrons. The van der Waals surface area contributed by atoms with Gasteiger partial charge in [-0.15, -0.1) is 0 Å². The molecule has 2 fully saturated rings. The quantitative estimate of drug-likeness (QED) is 0.835. The standard InChI is InChI=1S/C19H24ClN3O3/c20-15-2-1-3-16(10-15)26-18-9-14-12-22(11-13(14)8-17(18)24)6-7-23-5-4-21-19(23)25/h1-5,10,13-14,17-18,24H,6-9,11-12H2,(H,21,25)/t13-,14+,17+,18+/m0/s1. The van der Waals surface area contributed by atoms with Gasteiger partial charge in [0.05, 0.1) is 6.10 Å². The molecular formula is C19H24ClN3O3. The Bertz CT molecular complexity index is 805. The Labute approximate surface area is 157 Å². The van der Waals surface area contributed by atoms with Crippen molar-refractivity contribution in [2.45, 2.75) is 31.6 Å². The number of halogens is 1. The smallest absolute Gasteiger partial charge is 0.325 e. The number of H-pyrrole nitrogens is 1. The molecule has 1 aromatic heterocycles. The lowest BCUT2D eigenvalue weighted by Crippen LogP contribution is -2.42. The van der Waals surface area contributed by atoms with Gasteiger partial charge in [0.1, 0.15) is 11.9 Å². The Kier molecular flexibility index (Phi) is 5.07. The van der Waals surface area contributed by atoms with E-state index in [2.05, 4.69) is 9.88 Å². The van der Waals surface area contributed by atoms with E-state index in [1.807, 2.05) is 18.2 Å². The van der Waals surface area contributed by atoms with Crippen LogP contribution in [0.4, 0.5) is 0 Å². The van der Waals surface area contributed by atoms with Crippen molar-refractivity contribution in [3.63, 3.8) is 0 Å². The third-order valence-corrected chi connectivity index (χ3v) is 5.86. The molecule has 0 amide bonds. The van der Waals surface area contributed by atoms with Gasteiger partial charge in [-0.2, -0.15) is 0 Å². The van der Waals surface area contributed by atoms with Gasteiger partial charge in [0.15, 0.2) is 0 Å². The maximum atomic E-state index is 11.6. The van der Waals surface area contributed by atoms with Crippen LogP contribution in [0.2, 0.25) is 5.02 Å². The average Bonchev–Trinajstić information content (AvgIpc) is 3.18. The summed E-state index contributed by atoms with van der Waals surface area (Å²) in [7, 11) is 0. The number of benzene rings is 1. The summed E-state index contributed by atoms with van der Waals surface area (Å²) in [6.07, 6.45) is 4.41. The lowest BCUT2D eigenvalue weighted by atomic mass is 9.78. The van der Waals surface area contributed by atoms with Gasteiger partial charge in [-0.25, -0.2) is 4.79 Å². The van der Waals surface area contributed by atoms with Crippen molar-refractivity contribution in [1.29, 1.82) is 0 Å². The molecule has 0 spiro atoms. The lowest BCUT2D eigenvalue weighted by Gasteiger charge is -2.35. The predicted octanol–water partition coefficient (Wildman–Crippen LogP) is 1.98. The lowest BCUT2D eigenvalue weighted by molar-refractivity contribution is -0.0231. The first-order chi connectivity index (χ1) is 12.6. The molecule has 26 heavy (non-hydrogen) atoms. The number of rotatable bonds is 5. The van der Waals surface area contributed by atoms with Crippen LogP contribution < -0.4 is 10.4 Å². The molecule has 2 aliphatic rings. The summed E-state index contributed by atoms with van der Waals surface area (Å²) in [6.45, 7) is 3.50. The molecule has 2 aromatic rings. The number of imidazole rings is 1. The number of likely N-dealkylation sites (tertiary alicyclic amines) is 1. The normalized spacial score (nSPS) is 28.8. The number of nitrogens with zero attached hydrogens (tertiary/aromatic N) is 2. The zero-order valence-electron chi connectivity index (χ0n) is 14.6. The maximum Gasteiger partial charge on any atom is 0.325 e. The van der Waals surface area contributed by atoms with Crippen molar-refractivity contribution in [1.82, 2.24) is 14.5 Å². The van der Waals surface area contributed by atoms with Crippen LogP contribution in [0, 0.1) is 11.8 Å². The average molecular weight is 378 g/mol. The van der Waals surface area contributed by atoms with Crippen LogP contribution in [-0.4, -0.2) is 51.4 Å². The van der Waals surface area contributed by atoms with E-state index in [1.54, 1.807) is 23.0 Å². The van der Waals surface area contributed by atoms with Crippen LogP contribution in [0.15, 0.2) is 41.5 Å². The van der Waals surface area contributed by atoms with E-state index in [4.69, 9.17) is 16.3 Å². The highest BCUT2D eigenvalue weighted by Crippen LogP contribution is 2.38. The van der Waals surface area contributed by atoms with Crippen molar-refractivity contribution < 1.29 is 9.84 Å². The highest BCUT2D eigenvalue weighted by atomic mass is 35.5. The Morgan fingerprint density at radius 1 is 1.23 bits per heavy atom. The summed E-state index contributed by atoms with van der Waals surface area (Å²) in [4.78, 5) is 16.6. The van der Waals surface area contributed by atoms with Gasteiger partial charge < -0.3 is 19.7 Å². The molecule has 1 saturated carbocycles. The predicted molar refractivity (Wildman–Crippen MR) is 99.6 cm³/mol. The first-order valence-corrected chi connectivity index (χ1v) is 9.53. The van der Waals surface area contributed by atoms with Gasteiger partial charge in [-0.05, 0) is 42.9 Å². The monoisotopic (exact) mass is 377 g/mol. The number of hydrogen-bond donors (Lipinski definition) is 2. The second-order valence-corrected chi connectivity index (χ2v) is 7.83. The van der Waals surface area contributed by atoms with Crippen LogP contribution in [0.25, 0.3) is 0 Å². The topological polar surface area (TPSA) is 70.5 Å². The third kappa shape index (κ3) is 3.82. The number of aliphatic hydroxyl groups is 1. The Hall–Kier alpha value is -1.76. The van der Waals surface area contributed by atoms with E-state index in [0.717, 1.165) is 32.5 Å². The highest BCUT2D eigenvalue weighted by Gasteiger charge is 2.42. The van der Waals surface area contributed by atoms with Gasteiger partial charge in [-0.3, -0.25) is 4.57 Å². The fraction of sp³-hybridized carbons (Fsp3) is 0.526. The Morgan fingerprint density at radius 3 is 2.77 bits per heavy atom. The molecule has 7 heteroatoms. The SMILES string of the molecule is O=c1[nH]ccn1CCN1C[C@H]2C[C@@H](Oc3cccc(Cl)c3)[C@H](O)C[C@H]2C1. The van der Waals surface area contributed by atoms with Gasteiger partial charge in [-0.1, -0.05) is 17.7 Å². The van der Waals surface area contributed by atoms with Crippen LogP contribution in [0.1, 0.15) is 12.8 Å². The van der Waals surface area contributed by atoms with Gasteiger partial charge in [0.2, 0.25) is 0 Å². The zero-order chi connectivity index (χ0) is 18.1. The summed E-state index contributed by atoms with van der Waals surface area (Å²) in [5.41, 5.74) is -0.0629. The number of hydrogen-bond acceptors (Lipinski definition) is 4. The van der Waals surface area contributed by atoms with Gasteiger partial charge in [0, 0.05) is 43.6 Å². The molecular weight excluding hydrogens is 354 g/mol. The first kappa shape index (κ1) is 17.6. The molecule has 0 radical (unpaired) electrons. The molecule has 1 aliphatic heterocycles. The van der Waals surface area contributed by atoms with E-state index < -0.39 is 6.10 Å². The number of aromatic nitrogens is 2. The van der Waals surface area contributed by atoms with Gasteiger partial charge in [0.25, 0.3) is 0 Å². The minimum absolute atomic E-state index is 0.0629. The number of ether oxygens (including phenoxy) is 1. The fourth-order valence-electron chi connectivity index (χ4n) is 4.29. The van der Waals surface area contributed by atoms with E-state index in [1.165, 1.54) is 0 Å². The third-order valence-electron chi connectivity index (χ3n) is 5.62. The molecule has 2 heterocycles. The molecule has 1 aromatic carbocycles. The maximum absolute atomic E-state index is 11.6. The summed E-state index contributed by atoms with van der Waals surface area (Å²) >= 11 is 6.02. The van der Waals surface area contributed by atoms with Crippen LogP contribution in [0.3, 0.4) is 0 Å². The number of aliphatic hydroxyl groups excluding tert-OH is 1. The Balaban J connectivity index is 1.34. The summed E-state index contributed by atoms with van der Waals surface area (Å²) in [5.74, 6) is 1.72. The molecule has 4 rings (SSSR count). The van der Waals surface area contributed by atoms with Gasteiger partial charge >= 0.3 is 5.69 Å². The van der Waals surface area contributed by atoms with Crippen LogP contribution in [0.5, 0.6) is 5.75 Å². The molecule has 0 bridgehead atoms. The number of nitrogens with one attached hydrogen (secondary N) is 1. The van der Waals surface area contributed by atoms with Crippen molar-refractivity contribution in [2.75, 3.05) is 19.6 Å². The molecule has 1 aliphatic carbocycles. The van der Waals surface area contributed by atoms with E-state index in [-0.39, 0.29) is 11.8 Å². The van der Waals surface area contributed by atoms with Crippen molar-refractivity contribution in [2.24, 2.45) is 11.8 Å². The summed E-state index contributed by atoms with van der Waals surface area (Å²) in [5, 5.41) is 11.2. The molecule has 1 saturated heterocycles. The number of fused-ring (bicyclic) bond motifs is 1. The zero-order valence-corrected chi connectivity index (χ0v) is 15.3. The largest absolute Gasteiger partial charge is 0.488 e. The van der Waals surface area contributed by atoms with E-state index in [0.29, 0.717) is 29.2 Å². The minimum atomic E-state index is -0.456. The second-order valence-electron chi connectivity index (χ2n) is 7.39. The molecule has 0 unspecified atom stereocenters. The minimum Gasteiger partial charge on any atom is -0.488 e. The van der Waals surface area contributed by atoms with Crippen molar-refractivity contribution >= 4 is 11.6 Å². The molecule has 4 atom stereocenters. The van der Waals surface area contributed by atoms with Crippen molar-refractivity contribution in [3.8, 4) is 5.75 Å². The van der Waals surface area contributed by atoms with Crippen molar-refractivity contribution in [3.05, 3.63) is 52.2 Å². The second kappa shape index (κ2) is 7.47. The van der Waals surface area contributed by atoms with Crippen LogP contribution in [-0.2, 0) is 6.54 Å². The fourth-order valence-corrected chi connectivity index (χ4v) is 4.47. The number of aromatic amines is 1.